The molecular formula is C9H15N3. The summed E-state index contributed by atoms with van der Waals surface area (Å²) >= 11 is 0. The zero-order chi connectivity index (χ0) is 8.81. The van der Waals surface area contributed by atoms with E-state index in [1.807, 2.05) is 12.3 Å². The second-order valence-corrected chi connectivity index (χ2v) is 2.69. The minimum Gasteiger partial charge on any atom is -0.317 e. The lowest BCUT2D eigenvalue weighted by Crippen LogP contribution is -2.23. The van der Waals surface area contributed by atoms with Gasteiger partial charge in [0.05, 0.1) is 0 Å². The highest BCUT2D eigenvalue weighted by molar-refractivity contribution is 4.80. The molecule has 0 fully saturated rings. The molecular weight excluding hydrogens is 150 g/mol. The van der Waals surface area contributed by atoms with E-state index in [4.69, 9.17) is 0 Å². The van der Waals surface area contributed by atoms with E-state index in [1.165, 1.54) is 12.8 Å². The maximum atomic E-state index is 4.15. The monoisotopic (exact) mass is 165 g/mol. The number of hydrogen-bond donors (Lipinski definition) is 0. The second kappa shape index (κ2) is 4.70. The summed E-state index contributed by atoms with van der Waals surface area (Å²) in [5.74, 6) is 0. The SMILES string of the molecule is CCCCn1cccnc1=NC. The van der Waals surface area contributed by atoms with E-state index >= 15 is 0 Å². The van der Waals surface area contributed by atoms with E-state index in [1.54, 1.807) is 13.2 Å². The molecule has 0 aromatic carbocycles. The van der Waals surface area contributed by atoms with Crippen molar-refractivity contribution in [2.45, 2.75) is 26.3 Å². The molecule has 0 saturated carbocycles. The first-order valence-electron chi connectivity index (χ1n) is 4.32. The summed E-state index contributed by atoms with van der Waals surface area (Å²) in [5.41, 5.74) is 0.811. The van der Waals surface area contributed by atoms with Crippen molar-refractivity contribution < 1.29 is 0 Å². The third-order valence-corrected chi connectivity index (χ3v) is 1.75. The van der Waals surface area contributed by atoms with Crippen molar-refractivity contribution in [3.63, 3.8) is 0 Å². The lowest BCUT2D eigenvalue weighted by atomic mass is 10.3. The maximum absolute atomic E-state index is 4.15. The van der Waals surface area contributed by atoms with Gasteiger partial charge in [-0.3, -0.25) is 4.99 Å². The van der Waals surface area contributed by atoms with Gasteiger partial charge in [0.1, 0.15) is 0 Å². The van der Waals surface area contributed by atoms with Crippen LogP contribution in [0.25, 0.3) is 0 Å². The van der Waals surface area contributed by atoms with Gasteiger partial charge in [-0.05, 0) is 12.5 Å². The molecule has 0 bridgehead atoms. The predicted octanol–water partition coefficient (Wildman–Crippen LogP) is 1.21. The molecule has 1 heterocycles. The Bertz CT molecular complexity index is 288. The third-order valence-electron chi connectivity index (χ3n) is 1.75. The van der Waals surface area contributed by atoms with Crippen molar-refractivity contribution in [1.82, 2.24) is 9.55 Å². The lowest BCUT2D eigenvalue weighted by molar-refractivity contribution is 0.588. The van der Waals surface area contributed by atoms with Crippen molar-refractivity contribution in [3.05, 3.63) is 24.1 Å². The Morgan fingerprint density at radius 2 is 2.42 bits per heavy atom. The molecule has 0 aliphatic rings. The van der Waals surface area contributed by atoms with Gasteiger partial charge in [-0.15, -0.1) is 0 Å². The molecule has 0 aliphatic carbocycles. The van der Waals surface area contributed by atoms with Gasteiger partial charge in [0.2, 0.25) is 5.62 Å². The zero-order valence-electron chi connectivity index (χ0n) is 7.70. The van der Waals surface area contributed by atoms with Gasteiger partial charge in [0.25, 0.3) is 0 Å². The molecule has 0 aliphatic heterocycles. The number of hydrogen-bond acceptors (Lipinski definition) is 2. The summed E-state index contributed by atoms with van der Waals surface area (Å²) in [6, 6.07) is 1.93. The largest absolute Gasteiger partial charge is 0.317 e. The summed E-state index contributed by atoms with van der Waals surface area (Å²) in [4.78, 5) is 8.22. The third kappa shape index (κ3) is 2.19. The molecule has 0 unspecified atom stereocenters. The van der Waals surface area contributed by atoms with Crippen LogP contribution in [0.3, 0.4) is 0 Å². The maximum Gasteiger partial charge on any atom is 0.224 e. The molecule has 0 spiro atoms. The fourth-order valence-electron chi connectivity index (χ4n) is 1.08. The van der Waals surface area contributed by atoms with Crippen LogP contribution in [-0.4, -0.2) is 16.6 Å². The molecule has 0 amide bonds. The summed E-state index contributed by atoms with van der Waals surface area (Å²) in [5, 5.41) is 0. The fraction of sp³-hybridized carbons (Fsp3) is 0.556. The number of aryl methyl sites for hydroxylation is 1. The van der Waals surface area contributed by atoms with Crippen molar-refractivity contribution in [2.75, 3.05) is 7.05 Å². The molecule has 12 heavy (non-hydrogen) atoms. The first-order valence-corrected chi connectivity index (χ1v) is 4.32. The Balaban J connectivity index is 2.83. The quantitative estimate of drug-likeness (QED) is 0.662. The molecule has 1 aromatic rings. The van der Waals surface area contributed by atoms with Gasteiger partial charge in [0.15, 0.2) is 0 Å². The highest BCUT2D eigenvalue weighted by atomic mass is 15.1. The lowest BCUT2D eigenvalue weighted by Gasteiger charge is -2.03. The normalized spacial score (nSPS) is 12.0. The molecule has 0 radical (unpaired) electrons. The van der Waals surface area contributed by atoms with Crippen LogP contribution in [0.1, 0.15) is 19.8 Å². The van der Waals surface area contributed by atoms with Crippen LogP contribution >= 0.6 is 0 Å². The van der Waals surface area contributed by atoms with E-state index in [0.29, 0.717) is 0 Å². The van der Waals surface area contributed by atoms with Crippen LogP contribution in [0.4, 0.5) is 0 Å². The topological polar surface area (TPSA) is 30.2 Å². The number of unbranched alkanes of at least 4 members (excludes halogenated alkanes) is 1. The van der Waals surface area contributed by atoms with Crippen LogP contribution < -0.4 is 5.62 Å². The minimum absolute atomic E-state index is 0.811. The minimum atomic E-state index is 0.811. The van der Waals surface area contributed by atoms with Gasteiger partial charge < -0.3 is 4.57 Å². The summed E-state index contributed by atoms with van der Waals surface area (Å²) in [7, 11) is 1.77. The molecule has 1 rings (SSSR count). The standard InChI is InChI=1S/C9H15N3/c1-3-4-7-12-8-5-6-11-9(12)10-2/h5-6,8H,3-4,7H2,1-2H3. The summed E-state index contributed by atoms with van der Waals surface area (Å²) in [6.45, 7) is 3.19. The Labute approximate surface area is 72.8 Å². The van der Waals surface area contributed by atoms with E-state index in [9.17, 15) is 0 Å². The number of rotatable bonds is 3. The summed E-state index contributed by atoms with van der Waals surface area (Å²) in [6.07, 6.45) is 6.17. The van der Waals surface area contributed by atoms with Crippen LogP contribution in [-0.2, 0) is 6.54 Å². The second-order valence-electron chi connectivity index (χ2n) is 2.69. The predicted molar refractivity (Wildman–Crippen MR) is 48.6 cm³/mol. The van der Waals surface area contributed by atoms with E-state index < -0.39 is 0 Å². The Kier molecular flexibility index (Phi) is 3.51. The van der Waals surface area contributed by atoms with Crippen molar-refractivity contribution in [1.29, 1.82) is 0 Å². The van der Waals surface area contributed by atoms with Gasteiger partial charge in [-0.1, -0.05) is 13.3 Å². The van der Waals surface area contributed by atoms with E-state index in [0.717, 1.165) is 12.2 Å². The molecule has 0 atom stereocenters. The van der Waals surface area contributed by atoms with Crippen LogP contribution in [0.5, 0.6) is 0 Å². The molecule has 66 valence electrons. The molecule has 0 saturated heterocycles. The van der Waals surface area contributed by atoms with Crippen molar-refractivity contribution >= 4 is 0 Å². The first kappa shape index (κ1) is 8.97. The fourth-order valence-corrected chi connectivity index (χ4v) is 1.08. The van der Waals surface area contributed by atoms with Gasteiger partial charge in [0, 0.05) is 26.0 Å². The Hall–Kier alpha value is -1.12. The molecule has 3 heteroatoms. The molecule has 1 aromatic heterocycles. The van der Waals surface area contributed by atoms with Gasteiger partial charge >= 0.3 is 0 Å². The van der Waals surface area contributed by atoms with Gasteiger partial charge in [-0.25, -0.2) is 4.98 Å². The van der Waals surface area contributed by atoms with Crippen LogP contribution in [0.2, 0.25) is 0 Å². The number of nitrogens with zero attached hydrogens (tertiary/aromatic N) is 3. The molecule has 0 N–H and O–H groups in total. The Morgan fingerprint density at radius 3 is 3.08 bits per heavy atom. The van der Waals surface area contributed by atoms with E-state index in [-0.39, 0.29) is 0 Å². The zero-order valence-corrected chi connectivity index (χ0v) is 7.70. The Morgan fingerprint density at radius 1 is 1.58 bits per heavy atom. The van der Waals surface area contributed by atoms with Gasteiger partial charge in [-0.2, -0.15) is 0 Å². The van der Waals surface area contributed by atoms with Crippen LogP contribution in [0, 0.1) is 0 Å². The number of aromatic nitrogens is 2. The summed E-state index contributed by atoms with van der Waals surface area (Å²) < 4.78 is 2.07. The van der Waals surface area contributed by atoms with Crippen molar-refractivity contribution in [3.8, 4) is 0 Å². The smallest absolute Gasteiger partial charge is 0.224 e. The first-order chi connectivity index (χ1) is 5.88. The molecule has 3 nitrogen and oxygen atoms in total. The highest BCUT2D eigenvalue weighted by Crippen LogP contribution is 1.89. The van der Waals surface area contributed by atoms with Crippen molar-refractivity contribution in [2.24, 2.45) is 4.99 Å². The average Bonchev–Trinajstić information content (AvgIpc) is 2.15. The highest BCUT2D eigenvalue weighted by Gasteiger charge is 1.90. The van der Waals surface area contributed by atoms with E-state index in [2.05, 4.69) is 21.5 Å². The van der Waals surface area contributed by atoms with Crippen LogP contribution in [0.15, 0.2) is 23.5 Å². The average molecular weight is 165 g/mol.